The molecule has 4 aromatic rings. The third kappa shape index (κ3) is 3.82. The van der Waals surface area contributed by atoms with Crippen molar-refractivity contribution >= 4 is 17.0 Å². The summed E-state index contributed by atoms with van der Waals surface area (Å²) in [6.07, 6.45) is 1.14. The third-order valence-electron chi connectivity index (χ3n) is 4.30. The average Bonchev–Trinajstić information content (AvgIpc) is 3.29. The standard InChI is InChI=1S/C20H18N4O3/c21-20(25)26-17(11-14-12-22-16-9-5-4-8-15(14)16)19-23-18(24-27-19)10-13-6-2-1-3-7-13/h1-9,12,17,22H,10-11H2,(H2,21,25). The first-order valence-corrected chi connectivity index (χ1v) is 8.56. The number of carbonyl (C=O) groups is 1. The molecule has 0 bridgehead atoms. The van der Waals surface area contributed by atoms with Gasteiger partial charge in [-0.2, -0.15) is 4.98 Å². The molecule has 4 rings (SSSR count). The van der Waals surface area contributed by atoms with Crippen molar-refractivity contribution in [3.63, 3.8) is 0 Å². The molecule has 2 heterocycles. The molecule has 1 atom stereocenters. The number of nitrogens with two attached hydrogens (primary N) is 1. The summed E-state index contributed by atoms with van der Waals surface area (Å²) < 4.78 is 10.6. The highest BCUT2D eigenvalue weighted by atomic mass is 16.6. The van der Waals surface area contributed by atoms with E-state index in [0.717, 1.165) is 22.0 Å². The van der Waals surface area contributed by atoms with Crippen LogP contribution in [0.2, 0.25) is 0 Å². The molecule has 7 heteroatoms. The van der Waals surface area contributed by atoms with Gasteiger partial charge in [-0.25, -0.2) is 4.79 Å². The van der Waals surface area contributed by atoms with Crippen LogP contribution >= 0.6 is 0 Å². The Bertz CT molecular complexity index is 1060. The van der Waals surface area contributed by atoms with E-state index >= 15 is 0 Å². The van der Waals surface area contributed by atoms with E-state index in [2.05, 4.69) is 15.1 Å². The summed E-state index contributed by atoms with van der Waals surface area (Å²) >= 11 is 0. The monoisotopic (exact) mass is 362 g/mol. The van der Waals surface area contributed by atoms with E-state index in [1.165, 1.54) is 0 Å². The van der Waals surface area contributed by atoms with Crippen LogP contribution in [0.5, 0.6) is 0 Å². The number of H-pyrrole nitrogens is 1. The van der Waals surface area contributed by atoms with Crippen LogP contribution in [0.4, 0.5) is 4.79 Å². The smallest absolute Gasteiger partial charge is 0.405 e. The average molecular weight is 362 g/mol. The first-order chi connectivity index (χ1) is 13.2. The van der Waals surface area contributed by atoms with Crippen LogP contribution in [0.25, 0.3) is 10.9 Å². The molecule has 0 aliphatic carbocycles. The number of benzene rings is 2. The maximum atomic E-state index is 11.4. The summed E-state index contributed by atoms with van der Waals surface area (Å²) in [5.74, 6) is 0.748. The van der Waals surface area contributed by atoms with E-state index in [-0.39, 0.29) is 5.89 Å². The van der Waals surface area contributed by atoms with Crippen molar-refractivity contribution in [2.45, 2.75) is 18.9 Å². The Morgan fingerprint density at radius 1 is 1.15 bits per heavy atom. The number of hydrogen-bond donors (Lipinski definition) is 2. The van der Waals surface area contributed by atoms with Crippen LogP contribution in [0, 0.1) is 0 Å². The molecule has 2 aromatic carbocycles. The van der Waals surface area contributed by atoms with Crippen molar-refractivity contribution in [3.8, 4) is 0 Å². The lowest BCUT2D eigenvalue weighted by Gasteiger charge is -2.12. The molecule has 0 radical (unpaired) electrons. The van der Waals surface area contributed by atoms with E-state index in [1.807, 2.05) is 60.8 Å². The SMILES string of the molecule is NC(=O)OC(Cc1c[nH]c2ccccc12)c1nc(Cc2ccccc2)no1. The van der Waals surface area contributed by atoms with Crippen LogP contribution in [0.15, 0.2) is 65.3 Å². The van der Waals surface area contributed by atoms with Crippen LogP contribution < -0.4 is 5.73 Å². The van der Waals surface area contributed by atoms with Crippen molar-refractivity contribution < 1.29 is 14.1 Å². The zero-order chi connectivity index (χ0) is 18.6. The van der Waals surface area contributed by atoms with Gasteiger partial charge in [0, 0.05) is 29.9 Å². The molecule has 0 fully saturated rings. The molecule has 0 saturated carbocycles. The van der Waals surface area contributed by atoms with E-state index in [0.29, 0.717) is 18.7 Å². The topological polar surface area (TPSA) is 107 Å². The summed E-state index contributed by atoms with van der Waals surface area (Å²) in [4.78, 5) is 19.0. The van der Waals surface area contributed by atoms with Gasteiger partial charge in [-0.15, -0.1) is 0 Å². The molecule has 0 saturated heterocycles. The van der Waals surface area contributed by atoms with Crippen molar-refractivity contribution in [1.29, 1.82) is 0 Å². The Kier molecular flexibility index (Phi) is 4.57. The Hall–Kier alpha value is -3.61. The zero-order valence-corrected chi connectivity index (χ0v) is 14.5. The first kappa shape index (κ1) is 16.8. The lowest BCUT2D eigenvalue weighted by molar-refractivity contribution is 0.0852. The largest absolute Gasteiger partial charge is 0.436 e. The van der Waals surface area contributed by atoms with Gasteiger partial charge in [-0.05, 0) is 17.2 Å². The number of primary amides is 1. The van der Waals surface area contributed by atoms with Gasteiger partial charge in [0.25, 0.3) is 5.89 Å². The second-order valence-electron chi connectivity index (χ2n) is 6.20. The van der Waals surface area contributed by atoms with Gasteiger partial charge < -0.3 is 20.0 Å². The molecule has 0 aliphatic heterocycles. The fraction of sp³-hybridized carbons (Fsp3) is 0.150. The van der Waals surface area contributed by atoms with Crippen LogP contribution in [-0.2, 0) is 17.6 Å². The number of nitrogens with zero attached hydrogens (tertiary/aromatic N) is 2. The van der Waals surface area contributed by atoms with Gasteiger partial charge in [0.2, 0.25) is 0 Å². The number of aromatic amines is 1. The summed E-state index contributed by atoms with van der Waals surface area (Å²) in [5.41, 5.74) is 8.28. The van der Waals surface area contributed by atoms with Crippen molar-refractivity contribution in [1.82, 2.24) is 15.1 Å². The van der Waals surface area contributed by atoms with E-state index < -0.39 is 12.2 Å². The number of hydrogen-bond acceptors (Lipinski definition) is 5. The molecule has 0 spiro atoms. The number of nitrogens with one attached hydrogen (secondary N) is 1. The lowest BCUT2D eigenvalue weighted by atomic mass is 10.1. The molecule has 1 unspecified atom stereocenters. The molecule has 7 nitrogen and oxygen atoms in total. The van der Waals surface area contributed by atoms with Crippen molar-refractivity contribution in [2.24, 2.45) is 5.73 Å². The van der Waals surface area contributed by atoms with Crippen LogP contribution in [0.1, 0.15) is 28.9 Å². The summed E-state index contributed by atoms with van der Waals surface area (Å²) in [6, 6.07) is 17.7. The predicted octanol–water partition coefficient (Wildman–Crippen LogP) is 3.52. The van der Waals surface area contributed by atoms with Crippen molar-refractivity contribution in [2.75, 3.05) is 0 Å². The summed E-state index contributed by atoms with van der Waals surface area (Å²) in [6.45, 7) is 0. The lowest BCUT2D eigenvalue weighted by Crippen LogP contribution is -2.19. The minimum Gasteiger partial charge on any atom is -0.436 e. The molecule has 27 heavy (non-hydrogen) atoms. The summed E-state index contributed by atoms with van der Waals surface area (Å²) in [5, 5.41) is 5.05. The van der Waals surface area contributed by atoms with Crippen molar-refractivity contribution in [3.05, 3.63) is 83.6 Å². The van der Waals surface area contributed by atoms with E-state index in [9.17, 15) is 4.79 Å². The van der Waals surface area contributed by atoms with Gasteiger partial charge >= 0.3 is 6.09 Å². The highest BCUT2D eigenvalue weighted by Crippen LogP contribution is 2.26. The van der Waals surface area contributed by atoms with E-state index in [1.54, 1.807) is 0 Å². The van der Waals surface area contributed by atoms with Gasteiger partial charge in [0.1, 0.15) is 0 Å². The molecule has 136 valence electrons. The van der Waals surface area contributed by atoms with E-state index in [4.69, 9.17) is 15.0 Å². The quantitative estimate of drug-likeness (QED) is 0.546. The second kappa shape index (κ2) is 7.33. The fourth-order valence-corrected chi connectivity index (χ4v) is 3.07. The molecular weight excluding hydrogens is 344 g/mol. The molecule has 3 N–H and O–H groups in total. The van der Waals surface area contributed by atoms with Crippen LogP contribution in [0.3, 0.4) is 0 Å². The molecule has 0 aliphatic rings. The van der Waals surface area contributed by atoms with Gasteiger partial charge in [0.05, 0.1) is 0 Å². The normalized spacial score (nSPS) is 12.1. The maximum absolute atomic E-state index is 11.4. The predicted molar refractivity (Wildman–Crippen MR) is 99.0 cm³/mol. The Morgan fingerprint density at radius 3 is 2.74 bits per heavy atom. The molecule has 2 aromatic heterocycles. The number of rotatable bonds is 6. The van der Waals surface area contributed by atoms with Gasteiger partial charge in [0.15, 0.2) is 11.9 Å². The van der Waals surface area contributed by atoms with Crippen LogP contribution in [-0.4, -0.2) is 21.2 Å². The number of aromatic nitrogens is 3. The van der Waals surface area contributed by atoms with Gasteiger partial charge in [-0.1, -0.05) is 53.7 Å². The first-order valence-electron chi connectivity index (χ1n) is 8.56. The highest BCUT2D eigenvalue weighted by molar-refractivity contribution is 5.83. The van der Waals surface area contributed by atoms with Gasteiger partial charge in [-0.3, -0.25) is 0 Å². The Labute approximate surface area is 155 Å². The number of carbonyl (C=O) groups excluding carboxylic acids is 1. The highest BCUT2D eigenvalue weighted by Gasteiger charge is 2.24. The number of amides is 1. The molecule has 1 amide bonds. The Morgan fingerprint density at radius 2 is 1.93 bits per heavy atom. The number of ether oxygens (including phenoxy) is 1. The Balaban J connectivity index is 1.58. The number of para-hydroxylation sites is 1. The minimum absolute atomic E-state index is 0.227. The zero-order valence-electron chi connectivity index (χ0n) is 14.5. The second-order valence-corrected chi connectivity index (χ2v) is 6.20. The fourth-order valence-electron chi connectivity index (χ4n) is 3.07. The molecular formula is C20H18N4O3. The minimum atomic E-state index is -0.886. The number of fused-ring (bicyclic) bond motifs is 1. The summed E-state index contributed by atoms with van der Waals surface area (Å²) in [7, 11) is 0. The maximum Gasteiger partial charge on any atom is 0.405 e. The third-order valence-corrected chi connectivity index (χ3v) is 4.30.